The fourth-order valence-corrected chi connectivity index (χ4v) is 2.51. The molecule has 0 amide bonds. The lowest BCUT2D eigenvalue weighted by molar-refractivity contribution is 0.0240. The molecule has 1 atom stereocenters. The molecule has 1 saturated heterocycles. The molecule has 108 valence electrons. The summed E-state index contributed by atoms with van der Waals surface area (Å²) >= 11 is 0. The Morgan fingerprint density at radius 3 is 3.14 bits per heavy atom. The molecule has 1 N–H and O–H groups in total. The van der Waals surface area contributed by atoms with Gasteiger partial charge in [-0.05, 0) is 12.1 Å². The Balaban J connectivity index is 2.10. The first-order chi connectivity index (χ1) is 10.3. The van der Waals surface area contributed by atoms with Crippen LogP contribution in [-0.4, -0.2) is 36.4 Å². The van der Waals surface area contributed by atoms with Gasteiger partial charge in [-0.1, -0.05) is 6.07 Å². The lowest BCUT2D eigenvalue weighted by atomic mass is 10.1. The zero-order chi connectivity index (χ0) is 14.7. The van der Waals surface area contributed by atoms with Crippen molar-refractivity contribution in [2.24, 2.45) is 0 Å². The number of benzene rings is 1. The summed E-state index contributed by atoms with van der Waals surface area (Å²) in [5.74, 6) is 0.636. The summed E-state index contributed by atoms with van der Waals surface area (Å²) in [4.78, 5) is 4.21. The number of rotatable bonds is 3. The van der Waals surface area contributed by atoms with Crippen LogP contribution < -0.4 is 10.1 Å². The van der Waals surface area contributed by atoms with Crippen LogP contribution in [0.1, 0.15) is 17.4 Å². The molecule has 1 fully saturated rings. The summed E-state index contributed by atoms with van der Waals surface area (Å²) in [6, 6.07) is 7.60. The van der Waals surface area contributed by atoms with Crippen LogP contribution in [0.5, 0.6) is 5.75 Å². The smallest absolute Gasteiger partial charge is 0.144 e. The molecule has 21 heavy (non-hydrogen) atoms. The maximum atomic E-state index is 9.36. The van der Waals surface area contributed by atoms with E-state index in [-0.39, 0.29) is 6.10 Å². The number of imidazole rings is 1. The molecule has 0 bridgehead atoms. The van der Waals surface area contributed by atoms with E-state index in [9.17, 15) is 5.26 Å². The summed E-state index contributed by atoms with van der Waals surface area (Å²) in [5.41, 5.74) is 2.14. The highest BCUT2D eigenvalue weighted by molar-refractivity contribution is 5.58. The fraction of sp³-hybridized carbons (Fsp3) is 0.333. The van der Waals surface area contributed by atoms with Gasteiger partial charge in [0, 0.05) is 13.1 Å². The Morgan fingerprint density at radius 1 is 1.52 bits per heavy atom. The van der Waals surface area contributed by atoms with E-state index in [4.69, 9.17) is 9.47 Å². The third kappa shape index (κ3) is 2.49. The van der Waals surface area contributed by atoms with E-state index in [0.29, 0.717) is 23.6 Å². The molecule has 1 aliphatic heterocycles. The normalized spacial score (nSPS) is 18.2. The number of methoxy groups -OCH3 is 1. The average molecular weight is 284 g/mol. The number of nitrogens with one attached hydrogen (secondary N) is 1. The average Bonchev–Trinajstić information content (AvgIpc) is 3.04. The van der Waals surface area contributed by atoms with E-state index < -0.39 is 0 Å². The van der Waals surface area contributed by atoms with E-state index in [0.717, 1.165) is 18.8 Å². The Labute approximate surface area is 122 Å². The SMILES string of the molecule is COc1cccc(C#N)c1-n1cncc1C1CNCCO1. The molecule has 1 unspecified atom stereocenters. The maximum Gasteiger partial charge on any atom is 0.144 e. The van der Waals surface area contributed by atoms with Crippen molar-refractivity contribution in [3.05, 3.63) is 42.0 Å². The standard InChI is InChI=1S/C15H16N4O2/c1-20-13-4-2-3-11(7-16)15(13)19-10-18-8-12(19)14-9-17-5-6-21-14/h2-4,8,10,14,17H,5-6,9H2,1H3. The van der Waals surface area contributed by atoms with Crippen LogP contribution in [0, 0.1) is 11.3 Å². The maximum absolute atomic E-state index is 9.36. The number of hydrogen-bond acceptors (Lipinski definition) is 5. The van der Waals surface area contributed by atoms with Crippen molar-refractivity contribution in [1.82, 2.24) is 14.9 Å². The van der Waals surface area contributed by atoms with E-state index in [1.165, 1.54) is 0 Å². The predicted molar refractivity (Wildman–Crippen MR) is 76.4 cm³/mol. The van der Waals surface area contributed by atoms with Crippen LogP contribution in [0.2, 0.25) is 0 Å². The third-order valence-electron chi connectivity index (χ3n) is 3.50. The number of aromatic nitrogens is 2. The molecular weight excluding hydrogens is 268 g/mol. The van der Waals surface area contributed by atoms with Gasteiger partial charge in [-0.3, -0.25) is 4.57 Å². The van der Waals surface area contributed by atoms with Crippen LogP contribution >= 0.6 is 0 Å². The van der Waals surface area contributed by atoms with Crippen molar-refractivity contribution >= 4 is 0 Å². The van der Waals surface area contributed by atoms with Crippen LogP contribution in [-0.2, 0) is 4.74 Å². The van der Waals surface area contributed by atoms with Gasteiger partial charge in [0.15, 0.2) is 0 Å². The van der Waals surface area contributed by atoms with Gasteiger partial charge < -0.3 is 14.8 Å². The zero-order valence-corrected chi connectivity index (χ0v) is 11.7. The minimum Gasteiger partial charge on any atom is -0.495 e. The number of nitrogens with zero attached hydrogens (tertiary/aromatic N) is 3. The minimum absolute atomic E-state index is 0.0855. The van der Waals surface area contributed by atoms with Gasteiger partial charge >= 0.3 is 0 Å². The summed E-state index contributed by atoms with van der Waals surface area (Å²) < 4.78 is 13.1. The molecule has 2 heterocycles. The number of hydrogen-bond donors (Lipinski definition) is 1. The lowest BCUT2D eigenvalue weighted by Gasteiger charge is -2.25. The summed E-state index contributed by atoms with van der Waals surface area (Å²) in [6.45, 7) is 2.23. The molecule has 0 aliphatic carbocycles. The molecule has 2 aromatic rings. The highest BCUT2D eigenvalue weighted by atomic mass is 16.5. The Morgan fingerprint density at radius 2 is 2.43 bits per heavy atom. The van der Waals surface area contributed by atoms with Crippen molar-refractivity contribution in [3.8, 4) is 17.5 Å². The summed E-state index contributed by atoms with van der Waals surface area (Å²) in [6.07, 6.45) is 3.37. The highest BCUT2D eigenvalue weighted by Crippen LogP contribution is 2.30. The third-order valence-corrected chi connectivity index (χ3v) is 3.50. The number of morpholine rings is 1. The van der Waals surface area contributed by atoms with E-state index in [1.807, 2.05) is 10.6 Å². The van der Waals surface area contributed by atoms with Gasteiger partial charge in [-0.2, -0.15) is 5.26 Å². The predicted octanol–water partition coefficient (Wildman–Crippen LogP) is 1.41. The molecule has 3 rings (SSSR count). The second-order valence-electron chi connectivity index (χ2n) is 4.72. The summed E-state index contributed by atoms with van der Waals surface area (Å²) in [7, 11) is 1.59. The van der Waals surface area contributed by atoms with Gasteiger partial charge in [0.25, 0.3) is 0 Å². The topological polar surface area (TPSA) is 72.1 Å². The second-order valence-corrected chi connectivity index (χ2v) is 4.72. The van der Waals surface area contributed by atoms with Gasteiger partial charge in [0.2, 0.25) is 0 Å². The van der Waals surface area contributed by atoms with Crippen LogP contribution in [0.4, 0.5) is 0 Å². The first kappa shape index (κ1) is 13.6. The summed E-state index contributed by atoms with van der Waals surface area (Å²) in [5, 5.41) is 12.7. The number of ether oxygens (including phenoxy) is 2. The van der Waals surface area contributed by atoms with Crippen molar-refractivity contribution < 1.29 is 9.47 Å². The van der Waals surface area contributed by atoms with E-state index in [1.54, 1.807) is 31.8 Å². The lowest BCUT2D eigenvalue weighted by Crippen LogP contribution is -2.34. The van der Waals surface area contributed by atoms with Crippen LogP contribution in [0.3, 0.4) is 0 Å². The Bertz CT molecular complexity index is 669. The van der Waals surface area contributed by atoms with E-state index >= 15 is 0 Å². The number of nitriles is 1. The van der Waals surface area contributed by atoms with E-state index in [2.05, 4.69) is 16.4 Å². The van der Waals surface area contributed by atoms with Crippen molar-refractivity contribution in [2.75, 3.05) is 26.8 Å². The molecule has 1 aromatic carbocycles. The minimum atomic E-state index is -0.0855. The molecule has 1 aliphatic rings. The Kier molecular flexibility index (Phi) is 3.86. The first-order valence-corrected chi connectivity index (χ1v) is 6.77. The Hall–Kier alpha value is -2.36. The molecule has 0 radical (unpaired) electrons. The molecule has 1 aromatic heterocycles. The fourth-order valence-electron chi connectivity index (χ4n) is 2.51. The van der Waals surface area contributed by atoms with Gasteiger partial charge in [-0.15, -0.1) is 0 Å². The molecular formula is C15H16N4O2. The molecule has 6 nitrogen and oxygen atoms in total. The van der Waals surface area contributed by atoms with Gasteiger partial charge in [-0.25, -0.2) is 4.98 Å². The highest BCUT2D eigenvalue weighted by Gasteiger charge is 2.22. The van der Waals surface area contributed by atoms with Crippen molar-refractivity contribution in [3.63, 3.8) is 0 Å². The first-order valence-electron chi connectivity index (χ1n) is 6.77. The largest absolute Gasteiger partial charge is 0.495 e. The number of para-hydroxylation sites is 1. The van der Waals surface area contributed by atoms with Gasteiger partial charge in [0.05, 0.1) is 37.5 Å². The van der Waals surface area contributed by atoms with Crippen molar-refractivity contribution in [2.45, 2.75) is 6.10 Å². The van der Waals surface area contributed by atoms with Crippen LogP contribution in [0.25, 0.3) is 5.69 Å². The zero-order valence-electron chi connectivity index (χ0n) is 11.7. The molecule has 0 spiro atoms. The molecule has 0 saturated carbocycles. The quantitative estimate of drug-likeness (QED) is 0.922. The van der Waals surface area contributed by atoms with Gasteiger partial charge in [0.1, 0.15) is 23.6 Å². The van der Waals surface area contributed by atoms with Crippen LogP contribution in [0.15, 0.2) is 30.7 Å². The second kappa shape index (κ2) is 5.95. The monoisotopic (exact) mass is 284 g/mol. The molecule has 6 heteroatoms. The van der Waals surface area contributed by atoms with Crippen molar-refractivity contribution in [1.29, 1.82) is 5.26 Å².